The maximum atomic E-state index is 12.3. The molecule has 1 heterocycles. The average Bonchev–Trinajstić information content (AvgIpc) is 2.47. The lowest BCUT2D eigenvalue weighted by molar-refractivity contribution is 0.254. The van der Waals surface area contributed by atoms with Crippen molar-refractivity contribution in [3.8, 4) is 5.75 Å². The fraction of sp³-hybridized carbons (Fsp3) is 0.200. The molecule has 1 aliphatic rings. The van der Waals surface area contributed by atoms with Gasteiger partial charge in [-0.1, -0.05) is 34.1 Å². The van der Waals surface area contributed by atoms with Crippen molar-refractivity contribution in [3.63, 3.8) is 0 Å². The zero-order chi connectivity index (χ0) is 14.9. The van der Waals surface area contributed by atoms with Crippen molar-refractivity contribution in [2.75, 3.05) is 6.61 Å². The van der Waals surface area contributed by atoms with E-state index in [1.54, 1.807) is 24.3 Å². The van der Waals surface area contributed by atoms with E-state index in [4.69, 9.17) is 4.74 Å². The van der Waals surface area contributed by atoms with Gasteiger partial charge in [0.25, 0.3) is 0 Å². The van der Waals surface area contributed by atoms with Crippen molar-refractivity contribution in [1.29, 1.82) is 0 Å². The molecule has 1 N–H and O–H groups in total. The number of rotatable bonds is 3. The number of hydrogen-bond acceptors (Lipinski definition) is 3. The second-order valence-corrected chi connectivity index (χ2v) is 7.52. The fourth-order valence-corrected chi connectivity index (χ4v) is 3.79. The predicted molar refractivity (Wildman–Crippen MR) is 83.9 cm³/mol. The van der Waals surface area contributed by atoms with Crippen LogP contribution in [0.4, 0.5) is 0 Å². The van der Waals surface area contributed by atoms with E-state index < -0.39 is 10.0 Å². The summed E-state index contributed by atoms with van der Waals surface area (Å²) in [7, 11) is -3.53. The number of fused-ring (bicyclic) bond motifs is 1. The zero-order valence-electron chi connectivity index (χ0n) is 11.1. The van der Waals surface area contributed by atoms with E-state index in [0.717, 1.165) is 15.8 Å². The van der Waals surface area contributed by atoms with Gasteiger partial charge in [-0.2, -0.15) is 0 Å². The van der Waals surface area contributed by atoms with Crippen LogP contribution in [0.1, 0.15) is 5.56 Å². The Morgan fingerprint density at radius 3 is 2.57 bits per heavy atom. The maximum Gasteiger partial charge on any atom is 0.240 e. The van der Waals surface area contributed by atoms with Crippen LogP contribution in [0.3, 0.4) is 0 Å². The van der Waals surface area contributed by atoms with Crippen molar-refractivity contribution >= 4 is 26.0 Å². The Morgan fingerprint density at radius 1 is 1.10 bits per heavy atom. The minimum Gasteiger partial charge on any atom is -0.492 e. The number of para-hydroxylation sites is 1. The second kappa shape index (κ2) is 5.79. The first-order valence-electron chi connectivity index (χ1n) is 6.53. The summed E-state index contributed by atoms with van der Waals surface area (Å²) in [6.45, 7) is 0.340. The first kappa shape index (κ1) is 14.6. The topological polar surface area (TPSA) is 55.4 Å². The Hall–Kier alpha value is -1.37. The Labute approximate surface area is 132 Å². The highest BCUT2D eigenvalue weighted by Gasteiger charge is 2.25. The summed E-state index contributed by atoms with van der Waals surface area (Å²) >= 11 is 3.29. The molecule has 1 atom stereocenters. The molecule has 0 fully saturated rings. The summed E-state index contributed by atoms with van der Waals surface area (Å²) in [5.41, 5.74) is 1.02. The van der Waals surface area contributed by atoms with Gasteiger partial charge in [0, 0.05) is 4.47 Å². The van der Waals surface area contributed by atoms with Crippen LogP contribution in [0.2, 0.25) is 0 Å². The van der Waals surface area contributed by atoms with Crippen LogP contribution < -0.4 is 9.46 Å². The highest BCUT2D eigenvalue weighted by Crippen LogP contribution is 2.24. The highest BCUT2D eigenvalue weighted by atomic mass is 79.9. The van der Waals surface area contributed by atoms with Crippen LogP contribution in [0.15, 0.2) is 57.9 Å². The van der Waals surface area contributed by atoms with Crippen LogP contribution in [0.5, 0.6) is 5.75 Å². The number of benzene rings is 2. The van der Waals surface area contributed by atoms with Crippen molar-refractivity contribution in [2.45, 2.75) is 17.4 Å². The molecule has 0 aliphatic carbocycles. The smallest absolute Gasteiger partial charge is 0.240 e. The SMILES string of the molecule is O=S(=O)(N[C@H]1COc2ccccc2C1)c1ccc(Br)cc1. The molecule has 3 rings (SSSR count). The van der Waals surface area contributed by atoms with Gasteiger partial charge < -0.3 is 4.74 Å². The third-order valence-electron chi connectivity index (χ3n) is 3.32. The molecular formula is C15H14BrNO3S. The van der Waals surface area contributed by atoms with E-state index in [1.165, 1.54) is 0 Å². The van der Waals surface area contributed by atoms with Crippen molar-refractivity contribution in [3.05, 3.63) is 58.6 Å². The number of halogens is 1. The van der Waals surface area contributed by atoms with Gasteiger partial charge in [0.1, 0.15) is 12.4 Å². The van der Waals surface area contributed by atoms with Gasteiger partial charge in [-0.25, -0.2) is 13.1 Å². The molecule has 0 saturated heterocycles. The minimum atomic E-state index is -3.53. The molecule has 21 heavy (non-hydrogen) atoms. The molecule has 0 unspecified atom stereocenters. The zero-order valence-corrected chi connectivity index (χ0v) is 13.5. The molecule has 0 aromatic heterocycles. The monoisotopic (exact) mass is 367 g/mol. The standard InChI is InChI=1S/C15H14BrNO3S/c16-12-5-7-14(8-6-12)21(18,19)17-13-9-11-3-1-2-4-15(11)20-10-13/h1-8,13,17H,9-10H2/t13-/m1/s1. The molecule has 6 heteroatoms. The molecule has 2 aromatic carbocycles. The van der Waals surface area contributed by atoms with Crippen molar-refractivity contribution in [1.82, 2.24) is 4.72 Å². The molecule has 0 spiro atoms. The molecular weight excluding hydrogens is 354 g/mol. The lowest BCUT2D eigenvalue weighted by atomic mass is 10.0. The van der Waals surface area contributed by atoms with Crippen LogP contribution in [0, 0.1) is 0 Å². The number of ether oxygens (including phenoxy) is 1. The third-order valence-corrected chi connectivity index (χ3v) is 5.39. The number of sulfonamides is 1. The van der Waals surface area contributed by atoms with Crippen LogP contribution >= 0.6 is 15.9 Å². The Balaban J connectivity index is 1.77. The van der Waals surface area contributed by atoms with Gasteiger partial charge in [-0.05, 0) is 42.3 Å². The van der Waals surface area contributed by atoms with E-state index in [2.05, 4.69) is 20.7 Å². The van der Waals surface area contributed by atoms with Gasteiger partial charge in [-0.15, -0.1) is 0 Å². The first-order valence-corrected chi connectivity index (χ1v) is 8.81. The summed E-state index contributed by atoms with van der Waals surface area (Å²) in [5.74, 6) is 0.830. The normalized spacial score (nSPS) is 17.9. The van der Waals surface area contributed by atoms with E-state index in [-0.39, 0.29) is 10.9 Å². The summed E-state index contributed by atoms with van der Waals surface area (Å²) in [6.07, 6.45) is 0.631. The minimum absolute atomic E-state index is 0.254. The number of nitrogens with one attached hydrogen (secondary N) is 1. The summed E-state index contributed by atoms with van der Waals surface area (Å²) in [5, 5.41) is 0. The molecule has 2 aromatic rings. The predicted octanol–water partition coefficient (Wildman–Crippen LogP) is 2.73. The van der Waals surface area contributed by atoms with Crippen LogP contribution in [0.25, 0.3) is 0 Å². The molecule has 4 nitrogen and oxygen atoms in total. The van der Waals surface area contributed by atoms with Gasteiger partial charge in [0.2, 0.25) is 10.0 Å². The Bertz CT molecular complexity index is 744. The summed E-state index contributed by atoms with van der Waals surface area (Å²) in [6, 6.07) is 14.0. The highest BCUT2D eigenvalue weighted by molar-refractivity contribution is 9.10. The quantitative estimate of drug-likeness (QED) is 0.907. The second-order valence-electron chi connectivity index (χ2n) is 4.89. The lowest BCUT2D eigenvalue weighted by Gasteiger charge is -2.25. The Kier molecular flexibility index (Phi) is 4.01. The summed E-state index contributed by atoms with van der Waals surface area (Å²) in [4.78, 5) is 0.254. The van der Waals surface area contributed by atoms with E-state index in [1.807, 2.05) is 24.3 Å². The molecule has 1 aliphatic heterocycles. The molecule has 0 radical (unpaired) electrons. The molecule has 0 amide bonds. The third kappa shape index (κ3) is 3.28. The number of hydrogen-bond donors (Lipinski definition) is 1. The van der Waals surface area contributed by atoms with E-state index in [0.29, 0.717) is 13.0 Å². The summed E-state index contributed by atoms with van der Waals surface area (Å²) < 4.78 is 33.8. The van der Waals surface area contributed by atoms with Crippen LogP contribution in [-0.4, -0.2) is 21.1 Å². The molecule has 0 bridgehead atoms. The average molecular weight is 368 g/mol. The van der Waals surface area contributed by atoms with Gasteiger partial charge in [-0.3, -0.25) is 0 Å². The van der Waals surface area contributed by atoms with Gasteiger partial charge >= 0.3 is 0 Å². The Morgan fingerprint density at radius 2 is 1.81 bits per heavy atom. The lowest BCUT2D eigenvalue weighted by Crippen LogP contribution is -2.42. The fourth-order valence-electron chi connectivity index (χ4n) is 2.30. The van der Waals surface area contributed by atoms with Crippen LogP contribution in [-0.2, 0) is 16.4 Å². The largest absolute Gasteiger partial charge is 0.492 e. The maximum absolute atomic E-state index is 12.3. The van der Waals surface area contributed by atoms with Gasteiger partial charge in [0.15, 0.2) is 0 Å². The van der Waals surface area contributed by atoms with Gasteiger partial charge in [0.05, 0.1) is 10.9 Å². The van der Waals surface area contributed by atoms with E-state index in [9.17, 15) is 8.42 Å². The van der Waals surface area contributed by atoms with E-state index >= 15 is 0 Å². The van der Waals surface area contributed by atoms with Crippen molar-refractivity contribution in [2.24, 2.45) is 0 Å². The first-order chi connectivity index (χ1) is 10.0. The molecule has 110 valence electrons. The van der Waals surface area contributed by atoms with Crippen molar-refractivity contribution < 1.29 is 13.2 Å². The molecule has 0 saturated carbocycles.